The summed E-state index contributed by atoms with van der Waals surface area (Å²) in [5.41, 5.74) is 0. The van der Waals surface area contributed by atoms with Crippen molar-refractivity contribution >= 4 is 32.7 Å². The molecule has 92 valence electrons. The van der Waals surface area contributed by atoms with Crippen LogP contribution in [-0.2, 0) is 9.73 Å². The van der Waals surface area contributed by atoms with Gasteiger partial charge in [0.05, 0.1) is 9.79 Å². The van der Waals surface area contributed by atoms with Crippen molar-refractivity contribution in [1.82, 2.24) is 0 Å². The topological polar surface area (TPSA) is 53.2 Å². The minimum atomic E-state index is -2.75. The van der Waals surface area contributed by atoms with Crippen LogP contribution in [0.3, 0.4) is 0 Å². The van der Waals surface area contributed by atoms with Gasteiger partial charge in [-0.15, -0.1) is 11.3 Å². The quantitative estimate of drug-likeness (QED) is 0.846. The van der Waals surface area contributed by atoms with Crippen molar-refractivity contribution in [2.75, 3.05) is 7.05 Å². The maximum Gasteiger partial charge on any atom is 0.112 e. The lowest BCUT2D eigenvalue weighted by atomic mass is 10.4. The fourth-order valence-electron chi connectivity index (χ4n) is 1.53. The highest BCUT2D eigenvalue weighted by Gasteiger charge is 2.21. The van der Waals surface area contributed by atoms with Crippen LogP contribution in [-0.4, -0.2) is 11.3 Å². The van der Waals surface area contributed by atoms with Gasteiger partial charge in [-0.1, -0.05) is 29.8 Å². The van der Waals surface area contributed by atoms with Gasteiger partial charge in [-0.2, -0.15) is 5.26 Å². The van der Waals surface area contributed by atoms with Crippen molar-refractivity contribution in [1.29, 1.82) is 5.26 Å². The highest BCUT2D eigenvalue weighted by Crippen LogP contribution is 2.35. The Morgan fingerprint density at radius 1 is 1.39 bits per heavy atom. The molecular weight excluding hydrogens is 288 g/mol. The van der Waals surface area contributed by atoms with Crippen LogP contribution in [0.2, 0.25) is 4.34 Å². The maximum absolute atomic E-state index is 13.0. The highest BCUT2D eigenvalue weighted by molar-refractivity contribution is 7.94. The number of halogens is 1. The maximum atomic E-state index is 13.0. The van der Waals surface area contributed by atoms with Crippen LogP contribution in [0.4, 0.5) is 0 Å². The zero-order valence-corrected chi connectivity index (χ0v) is 11.9. The molecule has 3 nitrogen and oxygen atoms in total. The lowest BCUT2D eigenvalue weighted by Crippen LogP contribution is -2.00. The number of thiophene rings is 1. The molecule has 0 aliphatic heterocycles. The van der Waals surface area contributed by atoms with E-state index >= 15 is 0 Å². The first-order chi connectivity index (χ1) is 8.61. The van der Waals surface area contributed by atoms with Gasteiger partial charge in [-0.3, -0.25) is 0 Å². The van der Waals surface area contributed by atoms with Crippen LogP contribution in [0.1, 0.15) is 4.88 Å². The number of hydrogen-bond acceptors (Lipinski definition) is 4. The monoisotopic (exact) mass is 296 g/mol. The second-order valence-corrected chi connectivity index (χ2v) is 7.36. The molecule has 2 aromatic rings. The van der Waals surface area contributed by atoms with Crippen LogP contribution in [0.25, 0.3) is 0 Å². The molecule has 1 aromatic heterocycles. The summed E-state index contributed by atoms with van der Waals surface area (Å²) in [4.78, 5) is 1.44. The summed E-state index contributed by atoms with van der Waals surface area (Å²) in [7, 11) is -1.26. The zero-order valence-electron chi connectivity index (χ0n) is 9.46. The van der Waals surface area contributed by atoms with E-state index in [1.807, 2.05) is 12.1 Å². The average Bonchev–Trinajstić information content (AvgIpc) is 2.81. The first kappa shape index (κ1) is 13.1. The average molecular weight is 297 g/mol. The first-order valence-electron chi connectivity index (χ1n) is 5.01. The third-order valence-electron chi connectivity index (χ3n) is 2.38. The van der Waals surface area contributed by atoms with Gasteiger partial charge in [0.15, 0.2) is 0 Å². The number of nitriles is 1. The Bertz CT molecular complexity index is 722. The van der Waals surface area contributed by atoms with Gasteiger partial charge < -0.3 is 0 Å². The van der Waals surface area contributed by atoms with E-state index in [9.17, 15) is 4.21 Å². The molecule has 2 rings (SSSR count). The molecule has 1 aromatic carbocycles. The third-order valence-corrected chi connectivity index (χ3v) is 6.23. The summed E-state index contributed by atoms with van der Waals surface area (Å²) in [6, 6.07) is 12.5. The number of hydrogen-bond donors (Lipinski definition) is 0. The predicted molar refractivity (Wildman–Crippen MR) is 73.5 cm³/mol. The second-order valence-electron chi connectivity index (χ2n) is 3.38. The van der Waals surface area contributed by atoms with Gasteiger partial charge in [0.1, 0.15) is 25.0 Å². The van der Waals surface area contributed by atoms with Crippen molar-refractivity contribution in [3.63, 3.8) is 0 Å². The van der Waals surface area contributed by atoms with Gasteiger partial charge in [0.2, 0.25) is 0 Å². The fraction of sp³-hybridized carbons (Fsp3) is 0.0833. The molecule has 1 atom stereocenters. The van der Waals surface area contributed by atoms with Crippen molar-refractivity contribution in [3.8, 4) is 6.07 Å². The van der Waals surface area contributed by atoms with Crippen LogP contribution in [0, 0.1) is 11.3 Å². The van der Waals surface area contributed by atoms with Gasteiger partial charge in [-0.05, 0) is 18.2 Å². The van der Waals surface area contributed by atoms with E-state index in [0.717, 1.165) is 11.3 Å². The van der Waals surface area contributed by atoms with Crippen molar-refractivity contribution in [2.24, 2.45) is 4.36 Å². The van der Waals surface area contributed by atoms with Crippen molar-refractivity contribution < 1.29 is 4.21 Å². The molecule has 0 saturated carbocycles. The van der Waals surface area contributed by atoms with Crippen molar-refractivity contribution in [3.05, 3.63) is 45.6 Å². The van der Waals surface area contributed by atoms with Gasteiger partial charge in [0.25, 0.3) is 0 Å². The third kappa shape index (κ3) is 2.15. The Labute approximate surface area is 115 Å². The van der Waals surface area contributed by atoms with Crippen LogP contribution >= 0.6 is 22.9 Å². The summed E-state index contributed by atoms with van der Waals surface area (Å²) in [5, 5.41) is 8.86. The molecular formula is C12H9ClN2OS2. The Kier molecular flexibility index (Phi) is 3.71. The molecule has 0 saturated heterocycles. The standard InChI is InChI=1S/C12H9ClN2OS2/c1-15-18(16,10-5-3-2-4-6-10)11-7-9(8-14)17-12(11)13/h2-7H,1H3. The molecule has 1 unspecified atom stereocenters. The summed E-state index contributed by atoms with van der Waals surface area (Å²) in [6.45, 7) is 0. The van der Waals surface area contributed by atoms with Crippen LogP contribution in [0.5, 0.6) is 0 Å². The van der Waals surface area contributed by atoms with E-state index in [4.69, 9.17) is 16.9 Å². The molecule has 0 bridgehead atoms. The van der Waals surface area contributed by atoms with Crippen molar-refractivity contribution in [2.45, 2.75) is 9.79 Å². The van der Waals surface area contributed by atoms with E-state index in [0.29, 0.717) is 19.0 Å². The molecule has 0 N–H and O–H groups in total. The number of benzene rings is 1. The van der Waals surface area contributed by atoms with E-state index in [2.05, 4.69) is 4.36 Å². The zero-order chi connectivity index (χ0) is 13.2. The molecule has 0 aliphatic rings. The molecule has 18 heavy (non-hydrogen) atoms. The molecule has 0 amide bonds. The van der Waals surface area contributed by atoms with Gasteiger partial charge in [0, 0.05) is 7.05 Å². The smallest absolute Gasteiger partial charge is 0.112 e. The normalized spacial score (nSPS) is 13.6. The Morgan fingerprint density at radius 2 is 2.06 bits per heavy atom. The summed E-state index contributed by atoms with van der Waals surface area (Å²) >= 11 is 7.18. The van der Waals surface area contributed by atoms with E-state index < -0.39 is 9.73 Å². The Hall–Kier alpha value is -1.35. The molecule has 0 spiro atoms. The first-order valence-corrected chi connectivity index (χ1v) is 7.72. The minimum absolute atomic E-state index is 0.353. The Morgan fingerprint density at radius 3 is 2.56 bits per heavy atom. The van der Waals surface area contributed by atoms with Crippen LogP contribution in [0.15, 0.2) is 50.6 Å². The van der Waals surface area contributed by atoms with Gasteiger partial charge in [-0.25, -0.2) is 8.57 Å². The summed E-state index contributed by atoms with van der Waals surface area (Å²) < 4.78 is 17.3. The van der Waals surface area contributed by atoms with Gasteiger partial charge >= 0.3 is 0 Å². The fourth-order valence-corrected chi connectivity index (χ4v) is 4.95. The molecule has 1 heterocycles. The van der Waals surface area contributed by atoms with Crippen LogP contribution < -0.4 is 0 Å². The number of nitrogens with zero attached hydrogens (tertiary/aromatic N) is 2. The minimum Gasteiger partial charge on any atom is -0.240 e. The summed E-state index contributed by atoms with van der Waals surface area (Å²) in [5.74, 6) is 0. The number of rotatable bonds is 2. The SMILES string of the molecule is CN=S(=O)(c1ccccc1)c1cc(C#N)sc1Cl. The lowest BCUT2D eigenvalue weighted by molar-refractivity contribution is 0.676. The second kappa shape index (κ2) is 5.11. The molecule has 6 heteroatoms. The Balaban J connectivity index is 2.70. The molecule has 0 radical (unpaired) electrons. The molecule has 0 aliphatic carbocycles. The summed E-state index contributed by atoms with van der Waals surface area (Å²) in [6.07, 6.45) is 0. The largest absolute Gasteiger partial charge is 0.240 e. The lowest BCUT2D eigenvalue weighted by Gasteiger charge is -2.07. The van der Waals surface area contributed by atoms with E-state index in [1.54, 1.807) is 30.3 Å². The predicted octanol–water partition coefficient (Wildman–Crippen LogP) is 3.79. The highest BCUT2D eigenvalue weighted by atomic mass is 35.5. The van der Waals surface area contributed by atoms with E-state index in [1.165, 1.54) is 7.05 Å². The van der Waals surface area contributed by atoms with E-state index in [-0.39, 0.29) is 0 Å². The molecule has 0 fully saturated rings.